The van der Waals surface area contributed by atoms with Gasteiger partial charge in [0.25, 0.3) is 0 Å². The van der Waals surface area contributed by atoms with Crippen molar-refractivity contribution in [3.05, 3.63) is 34.9 Å². The third-order valence-corrected chi connectivity index (χ3v) is 3.60. The highest BCUT2D eigenvalue weighted by molar-refractivity contribution is 6.30. The number of carboxylic acids is 2. The molecular formula is C15H17ClO6. The van der Waals surface area contributed by atoms with Gasteiger partial charge >= 0.3 is 11.9 Å². The second-order valence-corrected chi connectivity index (χ2v) is 5.71. The molecule has 0 spiro atoms. The minimum absolute atomic E-state index is 0.281. The molecule has 0 bridgehead atoms. The van der Waals surface area contributed by atoms with E-state index in [1.54, 1.807) is 38.1 Å². The Morgan fingerprint density at radius 1 is 1.00 bits per heavy atom. The molecule has 22 heavy (non-hydrogen) atoms. The fraction of sp³-hybridized carbons (Fsp3) is 0.400. The molecule has 0 aromatic heterocycles. The lowest BCUT2D eigenvalue weighted by Gasteiger charge is -2.24. The lowest BCUT2D eigenvalue weighted by atomic mass is 9.78. The Labute approximate surface area is 132 Å². The summed E-state index contributed by atoms with van der Waals surface area (Å²) >= 11 is 5.78. The minimum Gasteiger partial charge on any atom is -0.481 e. The summed E-state index contributed by atoms with van der Waals surface area (Å²) in [6.07, 6.45) is -2.29. The number of hydrogen-bond acceptors (Lipinski definition) is 4. The monoisotopic (exact) mass is 328 g/mol. The van der Waals surface area contributed by atoms with Crippen LogP contribution in [0.15, 0.2) is 24.3 Å². The molecule has 3 atom stereocenters. The number of Topliss-reactive ketones (excluding diaryl/α,β-unsaturated/α-hetero) is 1. The smallest absolute Gasteiger partial charge is 0.333 e. The number of carboxylic acid groups (broad SMARTS) is 2. The summed E-state index contributed by atoms with van der Waals surface area (Å²) in [7, 11) is 0. The van der Waals surface area contributed by atoms with E-state index in [-0.39, 0.29) is 5.92 Å². The number of hydrogen-bond donors (Lipinski definition) is 3. The summed E-state index contributed by atoms with van der Waals surface area (Å²) in [5, 5.41) is 27.9. The predicted molar refractivity (Wildman–Crippen MR) is 78.8 cm³/mol. The Kier molecular flexibility index (Phi) is 6.08. The number of ketones is 1. The first kappa shape index (κ1) is 18.1. The summed E-state index contributed by atoms with van der Waals surface area (Å²) < 4.78 is 0. The molecule has 0 amide bonds. The second-order valence-electron chi connectivity index (χ2n) is 5.27. The predicted octanol–water partition coefficient (Wildman–Crippen LogP) is 1.79. The third-order valence-electron chi connectivity index (χ3n) is 3.34. The highest BCUT2D eigenvalue weighted by atomic mass is 35.5. The van der Waals surface area contributed by atoms with Crippen LogP contribution in [0.4, 0.5) is 0 Å². The van der Waals surface area contributed by atoms with E-state index in [4.69, 9.17) is 21.8 Å². The molecule has 0 saturated carbocycles. The first-order valence-corrected chi connectivity index (χ1v) is 6.97. The second kappa shape index (κ2) is 7.38. The Bertz CT molecular complexity index is 566. The number of aliphatic carboxylic acids is 2. The van der Waals surface area contributed by atoms with E-state index in [1.807, 2.05) is 0 Å². The van der Waals surface area contributed by atoms with Gasteiger partial charge in [0.2, 0.25) is 0 Å². The van der Waals surface area contributed by atoms with E-state index in [1.165, 1.54) is 0 Å². The molecule has 0 aliphatic carbocycles. The average molecular weight is 329 g/mol. The quantitative estimate of drug-likeness (QED) is 0.658. The number of aliphatic hydroxyl groups is 1. The van der Waals surface area contributed by atoms with Crippen molar-refractivity contribution >= 4 is 29.3 Å². The summed E-state index contributed by atoms with van der Waals surface area (Å²) in [4.78, 5) is 34.6. The SMILES string of the molecule is CC(C)[C@@H](C(=O)C(C(=O)O)C(O)C(=O)O)c1ccc(Cl)cc1. The zero-order chi connectivity index (χ0) is 17.0. The van der Waals surface area contributed by atoms with E-state index < -0.39 is 35.7 Å². The molecule has 2 unspecified atom stereocenters. The van der Waals surface area contributed by atoms with E-state index in [9.17, 15) is 19.5 Å². The molecule has 0 saturated heterocycles. The van der Waals surface area contributed by atoms with Crippen molar-refractivity contribution in [3.8, 4) is 0 Å². The van der Waals surface area contributed by atoms with Crippen molar-refractivity contribution < 1.29 is 29.7 Å². The van der Waals surface area contributed by atoms with Crippen LogP contribution in [0.2, 0.25) is 5.02 Å². The van der Waals surface area contributed by atoms with E-state index in [0.717, 1.165) is 0 Å². The summed E-state index contributed by atoms with van der Waals surface area (Å²) in [5.74, 6) is -7.43. The molecule has 1 aromatic carbocycles. The van der Waals surface area contributed by atoms with Crippen LogP contribution in [-0.4, -0.2) is 39.1 Å². The molecule has 7 heteroatoms. The molecule has 1 aromatic rings. The van der Waals surface area contributed by atoms with Crippen LogP contribution in [0.5, 0.6) is 0 Å². The Morgan fingerprint density at radius 3 is 1.86 bits per heavy atom. The standard InChI is InChI=1S/C15H17ClO6/c1-7(2)10(8-3-5-9(16)6-4-8)12(17)11(14(19)20)13(18)15(21)22/h3-7,10-11,13,18H,1-2H3,(H,19,20)(H,21,22)/t10-,11?,13?/m1/s1. The van der Waals surface area contributed by atoms with Gasteiger partial charge in [0, 0.05) is 10.9 Å². The van der Waals surface area contributed by atoms with Crippen LogP contribution in [0.1, 0.15) is 25.3 Å². The minimum atomic E-state index is -2.29. The van der Waals surface area contributed by atoms with Gasteiger partial charge in [-0.2, -0.15) is 0 Å². The lowest BCUT2D eigenvalue weighted by molar-refractivity contribution is -0.163. The van der Waals surface area contributed by atoms with Crippen molar-refractivity contribution in [1.82, 2.24) is 0 Å². The molecule has 3 N–H and O–H groups in total. The Morgan fingerprint density at radius 2 is 1.50 bits per heavy atom. The molecule has 120 valence electrons. The van der Waals surface area contributed by atoms with Gasteiger partial charge in [-0.1, -0.05) is 37.6 Å². The number of aliphatic hydroxyl groups excluding tert-OH is 1. The van der Waals surface area contributed by atoms with Gasteiger partial charge in [0.05, 0.1) is 0 Å². The molecule has 0 aliphatic heterocycles. The topological polar surface area (TPSA) is 112 Å². The van der Waals surface area contributed by atoms with E-state index >= 15 is 0 Å². The fourth-order valence-corrected chi connectivity index (χ4v) is 2.42. The van der Waals surface area contributed by atoms with Gasteiger partial charge in [-0.3, -0.25) is 9.59 Å². The van der Waals surface area contributed by atoms with Crippen molar-refractivity contribution in [2.75, 3.05) is 0 Å². The van der Waals surface area contributed by atoms with Crippen LogP contribution >= 0.6 is 11.6 Å². The highest BCUT2D eigenvalue weighted by Crippen LogP contribution is 2.30. The molecule has 0 heterocycles. The maximum Gasteiger partial charge on any atom is 0.333 e. The van der Waals surface area contributed by atoms with Crippen molar-refractivity contribution in [2.24, 2.45) is 11.8 Å². The third kappa shape index (κ3) is 4.05. The van der Waals surface area contributed by atoms with Crippen LogP contribution < -0.4 is 0 Å². The van der Waals surface area contributed by atoms with Crippen LogP contribution in [0, 0.1) is 11.8 Å². The van der Waals surface area contributed by atoms with Crippen molar-refractivity contribution in [2.45, 2.75) is 25.9 Å². The lowest BCUT2D eigenvalue weighted by Crippen LogP contribution is -2.43. The molecule has 0 radical (unpaired) electrons. The van der Waals surface area contributed by atoms with Gasteiger partial charge < -0.3 is 15.3 Å². The number of benzene rings is 1. The summed E-state index contributed by atoms with van der Waals surface area (Å²) in [5.41, 5.74) is 0.522. The van der Waals surface area contributed by atoms with Gasteiger partial charge in [0.15, 0.2) is 17.8 Å². The molecule has 1 rings (SSSR count). The Hall–Kier alpha value is -1.92. The molecule has 0 fully saturated rings. The van der Waals surface area contributed by atoms with Gasteiger partial charge in [-0.25, -0.2) is 4.79 Å². The largest absolute Gasteiger partial charge is 0.481 e. The fourth-order valence-electron chi connectivity index (χ4n) is 2.30. The summed E-state index contributed by atoms with van der Waals surface area (Å²) in [6, 6.07) is 6.28. The number of carbonyl (C=O) groups excluding carboxylic acids is 1. The van der Waals surface area contributed by atoms with Crippen molar-refractivity contribution in [1.29, 1.82) is 0 Å². The zero-order valence-electron chi connectivity index (χ0n) is 12.1. The van der Waals surface area contributed by atoms with Crippen molar-refractivity contribution in [3.63, 3.8) is 0 Å². The van der Waals surface area contributed by atoms with E-state index in [2.05, 4.69) is 0 Å². The summed E-state index contributed by atoms with van der Waals surface area (Å²) in [6.45, 7) is 3.42. The zero-order valence-corrected chi connectivity index (χ0v) is 12.8. The number of rotatable bonds is 7. The van der Waals surface area contributed by atoms with Gasteiger partial charge in [0.1, 0.15) is 0 Å². The molecular weight excluding hydrogens is 312 g/mol. The van der Waals surface area contributed by atoms with Crippen LogP contribution in [0.3, 0.4) is 0 Å². The maximum absolute atomic E-state index is 12.5. The average Bonchev–Trinajstić information content (AvgIpc) is 2.40. The van der Waals surface area contributed by atoms with Crippen LogP contribution in [-0.2, 0) is 14.4 Å². The molecule has 6 nitrogen and oxygen atoms in total. The first-order chi connectivity index (χ1) is 10.2. The maximum atomic E-state index is 12.5. The van der Waals surface area contributed by atoms with E-state index in [0.29, 0.717) is 10.6 Å². The van der Waals surface area contributed by atoms with Gasteiger partial charge in [-0.15, -0.1) is 0 Å². The Balaban J connectivity index is 3.24. The molecule has 0 aliphatic rings. The first-order valence-electron chi connectivity index (χ1n) is 6.59. The van der Waals surface area contributed by atoms with Gasteiger partial charge in [-0.05, 0) is 23.6 Å². The van der Waals surface area contributed by atoms with Crippen LogP contribution in [0.25, 0.3) is 0 Å². The normalized spacial score (nSPS) is 15.1. The number of halogens is 1. The highest BCUT2D eigenvalue weighted by Gasteiger charge is 2.42. The number of carbonyl (C=O) groups is 3.